The molecular formula is C78H51B3N4OS2. The van der Waals surface area contributed by atoms with Crippen LogP contribution in [0, 0.1) is 0 Å². The van der Waals surface area contributed by atoms with E-state index in [1.54, 1.807) is 0 Å². The Kier molecular flexibility index (Phi) is 12.0. The van der Waals surface area contributed by atoms with Gasteiger partial charge in [0.15, 0.2) is 0 Å². The van der Waals surface area contributed by atoms with Crippen molar-refractivity contribution >= 4 is 161 Å². The highest BCUT2D eigenvalue weighted by Crippen LogP contribution is 2.50. The van der Waals surface area contributed by atoms with E-state index in [9.17, 15) is 0 Å². The predicted molar refractivity (Wildman–Crippen MR) is 373 cm³/mol. The summed E-state index contributed by atoms with van der Waals surface area (Å²) in [6, 6.07) is 114. The zero-order valence-electron chi connectivity index (χ0n) is 47.7. The van der Waals surface area contributed by atoms with Gasteiger partial charge in [0.2, 0.25) is 13.4 Å². The van der Waals surface area contributed by atoms with Crippen molar-refractivity contribution in [3.8, 4) is 11.5 Å². The van der Waals surface area contributed by atoms with Crippen molar-refractivity contribution in [3.63, 3.8) is 0 Å². The lowest BCUT2D eigenvalue weighted by Gasteiger charge is -2.44. The van der Waals surface area contributed by atoms with Crippen LogP contribution in [0.4, 0.5) is 68.2 Å². The van der Waals surface area contributed by atoms with Crippen LogP contribution in [0.5, 0.6) is 11.5 Å². The van der Waals surface area contributed by atoms with E-state index in [1.807, 2.05) is 23.5 Å². The second kappa shape index (κ2) is 20.7. The van der Waals surface area contributed by atoms with Crippen LogP contribution in [-0.4, -0.2) is 20.1 Å². The highest BCUT2D eigenvalue weighted by Gasteiger charge is 2.50. The summed E-state index contributed by atoms with van der Waals surface area (Å²) >= 11 is 3.80. The van der Waals surface area contributed by atoms with Crippen molar-refractivity contribution in [2.75, 3.05) is 19.6 Å². The fourth-order valence-electron chi connectivity index (χ4n) is 14.6. The monoisotopic (exact) mass is 1160 g/mol. The Morgan fingerprint density at radius 3 is 1.15 bits per heavy atom. The fourth-order valence-corrected chi connectivity index (χ4v) is 17.1. The first kappa shape index (κ1) is 51.0. The van der Waals surface area contributed by atoms with E-state index in [2.05, 4.69) is 329 Å². The SMILES string of the molecule is c1ccc(N(c2ccccc2)c2cc3c4c(c2)N(c2ccccc2)c2ccccc2B4c2cc4c(c(B5c6ccccc6Sc6ccccc65)c2O3)Sc2cc(N(c3ccccc3)c3ccccc3)cc3c2B4c2ccccc2N3c2ccccc2)cc1. The first-order valence-corrected chi connectivity index (χ1v) is 31.8. The first-order chi connectivity index (χ1) is 43.7. The van der Waals surface area contributed by atoms with Gasteiger partial charge in [-0.1, -0.05) is 228 Å². The Labute approximate surface area is 522 Å². The number of fused-ring (bicyclic) bond motifs is 10. The minimum Gasteiger partial charge on any atom is -0.459 e. The number of benzene rings is 13. The Hall–Kier alpha value is -10.2. The zero-order chi connectivity index (χ0) is 57.8. The topological polar surface area (TPSA) is 22.2 Å². The Morgan fingerprint density at radius 1 is 0.273 bits per heavy atom. The molecular weight excluding hydrogens is 1110 g/mol. The van der Waals surface area contributed by atoms with Crippen LogP contribution < -0.4 is 73.5 Å². The quantitative estimate of drug-likeness (QED) is 0.133. The van der Waals surface area contributed by atoms with Gasteiger partial charge < -0.3 is 24.3 Å². The average molecular weight is 1160 g/mol. The van der Waals surface area contributed by atoms with Gasteiger partial charge in [-0.3, -0.25) is 0 Å². The summed E-state index contributed by atoms with van der Waals surface area (Å²) in [6.07, 6.45) is 0. The molecule has 5 heterocycles. The van der Waals surface area contributed by atoms with Gasteiger partial charge in [0.25, 0.3) is 6.71 Å². The molecule has 18 rings (SSSR count). The molecule has 0 aromatic heterocycles. The van der Waals surface area contributed by atoms with E-state index in [0.717, 1.165) is 73.8 Å². The summed E-state index contributed by atoms with van der Waals surface area (Å²) in [4.78, 5) is 14.8. The van der Waals surface area contributed by atoms with Gasteiger partial charge in [-0.05, 0) is 148 Å². The summed E-state index contributed by atoms with van der Waals surface area (Å²) in [6.45, 7) is -0.534. The summed E-state index contributed by atoms with van der Waals surface area (Å²) in [5, 5.41) is 0. The molecule has 0 bridgehead atoms. The van der Waals surface area contributed by atoms with E-state index < -0.39 is 0 Å². The predicted octanol–water partition coefficient (Wildman–Crippen LogP) is 14.8. The third kappa shape index (κ3) is 8.02. The largest absolute Gasteiger partial charge is 0.459 e. The minimum absolute atomic E-state index is 0.144. The normalized spacial score (nSPS) is 13.3. The lowest BCUT2D eigenvalue weighted by Crippen LogP contribution is -2.67. The molecule has 0 spiro atoms. The molecule has 0 unspecified atom stereocenters. The average Bonchev–Trinajstić information content (AvgIpc) is 0.744. The van der Waals surface area contributed by atoms with Crippen molar-refractivity contribution in [1.82, 2.24) is 0 Å². The molecule has 13 aromatic carbocycles. The van der Waals surface area contributed by atoms with E-state index >= 15 is 0 Å². The number of hydrogen-bond acceptors (Lipinski definition) is 7. The van der Waals surface area contributed by atoms with E-state index in [-0.39, 0.29) is 20.1 Å². The van der Waals surface area contributed by atoms with Crippen LogP contribution in [0.25, 0.3) is 0 Å². The van der Waals surface area contributed by atoms with Crippen molar-refractivity contribution in [2.24, 2.45) is 0 Å². The van der Waals surface area contributed by atoms with E-state index in [4.69, 9.17) is 4.74 Å². The molecule has 410 valence electrons. The van der Waals surface area contributed by atoms with Gasteiger partial charge in [-0.2, -0.15) is 0 Å². The highest BCUT2D eigenvalue weighted by atomic mass is 32.2. The molecule has 5 aliphatic heterocycles. The maximum atomic E-state index is 8.19. The van der Waals surface area contributed by atoms with Crippen molar-refractivity contribution in [3.05, 3.63) is 309 Å². The standard InChI is InChI=1S/C78H51B3N4OS2/c1-7-27-52(28-8-1)82(53-29-9-2-10-30-53)58-47-68-74-70(49-58)86-77-64(79(74)60-39-19-23-43-66(60)84(68)56-35-15-5-16-36-56)51-65-78(76(77)81-62-41-21-25-45-71(62)87-72-46-26-22-42-63(72)81)88-73-50-59(83(54-31-11-3-12-32-54)55-33-13-4-14-34-55)48-69-75(73)80(65)61-40-20-24-44-67(61)85(69)57-37-17-6-18-38-57/h1-51H. The van der Waals surface area contributed by atoms with Crippen LogP contribution in [0.1, 0.15) is 0 Å². The number of anilines is 12. The Morgan fingerprint density at radius 2 is 0.659 bits per heavy atom. The van der Waals surface area contributed by atoms with Crippen LogP contribution in [0.15, 0.2) is 329 Å². The molecule has 0 atom stereocenters. The molecule has 0 amide bonds. The molecule has 0 N–H and O–H groups in total. The van der Waals surface area contributed by atoms with Gasteiger partial charge in [-0.15, -0.1) is 0 Å². The van der Waals surface area contributed by atoms with E-state index in [0.29, 0.717) is 0 Å². The number of para-hydroxylation sites is 8. The number of nitrogens with zero attached hydrogens (tertiary/aromatic N) is 4. The van der Waals surface area contributed by atoms with Gasteiger partial charge >= 0.3 is 0 Å². The number of ether oxygens (including phenoxy) is 1. The molecule has 5 aliphatic rings. The van der Waals surface area contributed by atoms with Crippen LogP contribution in [0.3, 0.4) is 0 Å². The smallest absolute Gasteiger partial charge is 0.256 e. The lowest BCUT2D eigenvalue weighted by molar-refractivity contribution is 0.490. The van der Waals surface area contributed by atoms with E-state index in [1.165, 1.54) is 74.7 Å². The molecule has 10 heteroatoms. The highest BCUT2D eigenvalue weighted by molar-refractivity contribution is 8.00. The maximum absolute atomic E-state index is 8.19. The van der Waals surface area contributed by atoms with Crippen molar-refractivity contribution in [2.45, 2.75) is 19.6 Å². The Balaban J connectivity index is 0.962. The number of hydrogen-bond donors (Lipinski definition) is 0. The van der Waals surface area contributed by atoms with Crippen molar-refractivity contribution in [1.29, 1.82) is 0 Å². The summed E-state index contributed by atoms with van der Waals surface area (Å²) in [5.74, 6) is 1.77. The first-order valence-electron chi connectivity index (χ1n) is 30.2. The van der Waals surface area contributed by atoms with Crippen LogP contribution in [-0.2, 0) is 0 Å². The second-order valence-electron chi connectivity index (χ2n) is 23.0. The lowest BCUT2D eigenvalue weighted by atomic mass is 9.28. The van der Waals surface area contributed by atoms with Gasteiger partial charge in [0.05, 0.1) is 5.69 Å². The van der Waals surface area contributed by atoms with Crippen LogP contribution in [0.2, 0.25) is 0 Å². The fraction of sp³-hybridized carbons (Fsp3) is 0. The molecule has 0 fully saturated rings. The molecule has 0 saturated heterocycles. The summed E-state index contributed by atoms with van der Waals surface area (Å²) in [5.41, 5.74) is 24.4. The second-order valence-corrected chi connectivity index (χ2v) is 25.2. The molecule has 0 saturated carbocycles. The molecule has 13 aromatic rings. The Bertz CT molecular complexity index is 4510. The van der Waals surface area contributed by atoms with Gasteiger partial charge in [0.1, 0.15) is 11.5 Å². The third-order valence-corrected chi connectivity index (χ3v) is 20.6. The molecule has 88 heavy (non-hydrogen) atoms. The molecule has 5 nitrogen and oxygen atoms in total. The number of rotatable bonds is 9. The maximum Gasteiger partial charge on any atom is 0.256 e. The van der Waals surface area contributed by atoms with Crippen LogP contribution >= 0.6 is 23.5 Å². The van der Waals surface area contributed by atoms with Gasteiger partial charge in [-0.25, -0.2) is 0 Å². The summed E-state index contributed by atoms with van der Waals surface area (Å²) in [7, 11) is 0. The zero-order valence-corrected chi connectivity index (χ0v) is 49.3. The molecule has 0 radical (unpaired) electrons. The van der Waals surface area contributed by atoms with Crippen molar-refractivity contribution < 1.29 is 4.74 Å². The van der Waals surface area contributed by atoms with Gasteiger partial charge in [0, 0.05) is 88.2 Å². The molecule has 0 aliphatic carbocycles. The summed E-state index contributed by atoms with van der Waals surface area (Å²) < 4.78 is 8.19. The third-order valence-electron chi connectivity index (χ3n) is 18.2. The minimum atomic E-state index is -0.202.